The van der Waals surface area contributed by atoms with Crippen molar-refractivity contribution in [1.29, 1.82) is 0 Å². The number of hydrogen-bond donors (Lipinski definition) is 1. The average molecular weight is 294 g/mol. The Bertz CT molecular complexity index is 376. The summed E-state index contributed by atoms with van der Waals surface area (Å²) in [6.07, 6.45) is 11.9. The molecule has 3 rings (SSSR count). The van der Waals surface area contributed by atoms with Crippen molar-refractivity contribution in [2.24, 2.45) is 17.3 Å². The second-order valence-corrected chi connectivity index (χ2v) is 7.74. The van der Waals surface area contributed by atoms with Gasteiger partial charge in [-0.2, -0.15) is 0 Å². The molecular weight excluding hydrogens is 264 g/mol. The highest BCUT2D eigenvalue weighted by Gasteiger charge is 2.52. The van der Waals surface area contributed by atoms with E-state index in [-0.39, 0.29) is 5.60 Å². The highest BCUT2D eigenvalue weighted by atomic mass is 16.5. The summed E-state index contributed by atoms with van der Waals surface area (Å²) in [5.74, 6) is 0.550. The van der Waals surface area contributed by atoms with Crippen LogP contribution in [-0.4, -0.2) is 23.3 Å². The van der Waals surface area contributed by atoms with Gasteiger partial charge in [0.05, 0.1) is 11.0 Å². The zero-order chi connectivity index (χ0) is 14.9. The topological polar surface area (TPSA) is 46.5 Å². The van der Waals surface area contributed by atoms with Crippen LogP contribution in [0.4, 0.5) is 0 Å². The lowest BCUT2D eigenvalue weighted by molar-refractivity contribution is -0.168. The Morgan fingerprint density at radius 2 is 1.81 bits per heavy atom. The maximum absolute atomic E-state index is 12.1. The largest absolute Gasteiger partial charge is 0.481 e. The van der Waals surface area contributed by atoms with Gasteiger partial charge < -0.3 is 9.84 Å². The Labute approximate surface area is 128 Å². The van der Waals surface area contributed by atoms with Crippen LogP contribution in [0.25, 0.3) is 0 Å². The molecule has 0 bridgehead atoms. The summed E-state index contributed by atoms with van der Waals surface area (Å²) < 4.78 is 6.12. The van der Waals surface area contributed by atoms with E-state index in [1.165, 1.54) is 19.3 Å². The zero-order valence-electron chi connectivity index (χ0n) is 13.4. The average Bonchev–Trinajstić information content (AvgIpc) is 2.95. The molecule has 2 aliphatic carbocycles. The van der Waals surface area contributed by atoms with Crippen LogP contribution in [0.2, 0.25) is 0 Å². The highest BCUT2D eigenvalue weighted by molar-refractivity contribution is 5.75. The minimum absolute atomic E-state index is 0.0347. The molecule has 1 spiro atoms. The van der Waals surface area contributed by atoms with Crippen LogP contribution < -0.4 is 0 Å². The maximum Gasteiger partial charge on any atom is 0.309 e. The minimum Gasteiger partial charge on any atom is -0.481 e. The van der Waals surface area contributed by atoms with Crippen molar-refractivity contribution < 1.29 is 14.6 Å². The minimum atomic E-state index is -0.530. The van der Waals surface area contributed by atoms with Crippen LogP contribution in [0.5, 0.6) is 0 Å². The van der Waals surface area contributed by atoms with E-state index in [9.17, 15) is 9.90 Å². The number of carboxylic acids is 1. The third-order valence-electron chi connectivity index (χ3n) is 6.79. The molecule has 3 aliphatic rings. The molecular formula is C18H30O3. The Balaban J connectivity index is 1.76. The Morgan fingerprint density at radius 1 is 1.14 bits per heavy atom. The number of carboxylic acid groups (broad SMARTS) is 1. The summed E-state index contributed by atoms with van der Waals surface area (Å²) in [4.78, 5) is 12.1. The highest BCUT2D eigenvalue weighted by Crippen LogP contribution is 2.53. The van der Waals surface area contributed by atoms with Crippen LogP contribution in [0.15, 0.2) is 0 Å². The Hall–Kier alpha value is -0.570. The first-order valence-corrected chi connectivity index (χ1v) is 8.98. The fourth-order valence-electron chi connectivity index (χ4n) is 5.26. The second-order valence-electron chi connectivity index (χ2n) is 7.74. The van der Waals surface area contributed by atoms with Crippen molar-refractivity contribution in [2.75, 3.05) is 6.61 Å². The van der Waals surface area contributed by atoms with Gasteiger partial charge in [0.25, 0.3) is 0 Å². The van der Waals surface area contributed by atoms with Gasteiger partial charge in [0.1, 0.15) is 0 Å². The summed E-state index contributed by atoms with van der Waals surface area (Å²) >= 11 is 0. The van der Waals surface area contributed by atoms with Crippen molar-refractivity contribution in [3.63, 3.8) is 0 Å². The van der Waals surface area contributed by atoms with E-state index in [0.29, 0.717) is 5.92 Å². The van der Waals surface area contributed by atoms with Gasteiger partial charge in [-0.15, -0.1) is 0 Å². The number of carbonyl (C=O) groups is 1. The van der Waals surface area contributed by atoms with Crippen molar-refractivity contribution in [2.45, 2.75) is 83.2 Å². The van der Waals surface area contributed by atoms with Crippen LogP contribution in [0, 0.1) is 17.3 Å². The van der Waals surface area contributed by atoms with Gasteiger partial charge in [-0.05, 0) is 63.2 Å². The first-order chi connectivity index (χ1) is 10.1. The summed E-state index contributed by atoms with van der Waals surface area (Å²) in [5.41, 5.74) is -0.419. The van der Waals surface area contributed by atoms with Crippen molar-refractivity contribution in [3.05, 3.63) is 0 Å². The number of hydrogen-bond acceptors (Lipinski definition) is 2. The number of rotatable bonds is 3. The second kappa shape index (κ2) is 5.91. The van der Waals surface area contributed by atoms with Gasteiger partial charge in [-0.25, -0.2) is 0 Å². The number of ether oxygens (including phenoxy) is 1. The predicted octanol–water partition coefficient (Wildman–Crippen LogP) is 4.40. The molecule has 0 aromatic heterocycles. The first-order valence-electron chi connectivity index (χ1n) is 8.98. The molecule has 120 valence electrons. The van der Waals surface area contributed by atoms with Gasteiger partial charge >= 0.3 is 5.97 Å². The fraction of sp³-hybridized carbons (Fsp3) is 0.944. The lowest BCUT2D eigenvalue weighted by atomic mass is 9.59. The molecule has 0 aromatic rings. The summed E-state index contributed by atoms with van der Waals surface area (Å²) in [5, 5.41) is 9.99. The molecule has 1 heterocycles. The van der Waals surface area contributed by atoms with Crippen LogP contribution in [0.3, 0.4) is 0 Å². The Kier molecular flexibility index (Phi) is 4.31. The molecule has 3 nitrogen and oxygen atoms in total. The van der Waals surface area contributed by atoms with Crippen molar-refractivity contribution >= 4 is 5.97 Å². The van der Waals surface area contributed by atoms with Gasteiger partial charge in [0.15, 0.2) is 0 Å². The van der Waals surface area contributed by atoms with Crippen LogP contribution in [-0.2, 0) is 9.53 Å². The maximum atomic E-state index is 12.1. The molecule has 1 N–H and O–H groups in total. The first kappa shape index (κ1) is 15.3. The molecule has 1 atom stereocenters. The SMILES string of the molecule is CCC1CCC(C(=O)O)(C2CCOC3(CCCC3)C2)CC1. The third kappa shape index (κ3) is 2.74. The molecule has 3 fully saturated rings. The molecule has 2 saturated carbocycles. The standard InChI is InChI=1S/C18H30O3/c1-2-14-5-10-18(11-6-14,16(19)20)15-7-12-21-17(13-15)8-3-4-9-17/h14-15H,2-13H2,1H3,(H,19,20). The summed E-state index contributed by atoms with van der Waals surface area (Å²) in [7, 11) is 0. The van der Waals surface area contributed by atoms with Crippen LogP contribution in [0.1, 0.15) is 77.6 Å². The molecule has 0 aromatic carbocycles. The summed E-state index contributed by atoms with van der Waals surface area (Å²) in [6.45, 7) is 3.01. The van der Waals surface area contributed by atoms with E-state index in [2.05, 4.69) is 6.92 Å². The molecule has 1 aliphatic heterocycles. The zero-order valence-corrected chi connectivity index (χ0v) is 13.4. The normalized spacial score (nSPS) is 39.5. The van der Waals surface area contributed by atoms with Crippen LogP contribution >= 0.6 is 0 Å². The van der Waals surface area contributed by atoms with E-state index < -0.39 is 11.4 Å². The van der Waals surface area contributed by atoms with Gasteiger partial charge in [-0.1, -0.05) is 26.2 Å². The molecule has 0 radical (unpaired) electrons. The molecule has 0 amide bonds. The smallest absolute Gasteiger partial charge is 0.309 e. The van der Waals surface area contributed by atoms with E-state index >= 15 is 0 Å². The summed E-state index contributed by atoms with van der Waals surface area (Å²) in [6, 6.07) is 0. The van der Waals surface area contributed by atoms with E-state index in [4.69, 9.17) is 4.74 Å². The lowest BCUT2D eigenvalue weighted by Gasteiger charge is -2.48. The Morgan fingerprint density at radius 3 is 2.38 bits per heavy atom. The van der Waals surface area contributed by atoms with Crippen molar-refractivity contribution in [3.8, 4) is 0 Å². The van der Waals surface area contributed by atoms with Gasteiger partial charge in [0, 0.05) is 6.61 Å². The number of aliphatic carboxylic acids is 1. The van der Waals surface area contributed by atoms with Crippen molar-refractivity contribution in [1.82, 2.24) is 0 Å². The van der Waals surface area contributed by atoms with E-state index in [0.717, 1.165) is 63.9 Å². The molecule has 3 heteroatoms. The quantitative estimate of drug-likeness (QED) is 0.839. The van der Waals surface area contributed by atoms with Gasteiger partial charge in [-0.3, -0.25) is 4.79 Å². The molecule has 21 heavy (non-hydrogen) atoms. The predicted molar refractivity (Wildman–Crippen MR) is 82.2 cm³/mol. The third-order valence-corrected chi connectivity index (χ3v) is 6.79. The fourth-order valence-corrected chi connectivity index (χ4v) is 5.26. The van der Waals surface area contributed by atoms with Gasteiger partial charge in [0.2, 0.25) is 0 Å². The molecule has 1 saturated heterocycles. The lowest BCUT2D eigenvalue weighted by Crippen LogP contribution is -2.48. The van der Waals surface area contributed by atoms with E-state index in [1.807, 2.05) is 0 Å². The monoisotopic (exact) mass is 294 g/mol. The molecule has 1 unspecified atom stereocenters. The van der Waals surface area contributed by atoms with E-state index in [1.54, 1.807) is 0 Å².